The Bertz CT molecular complexity index is 564. The summed E-state index contributed by atoms with van der Waals surface area (Å²) in [6.07, 6.45) is 4.46. The molecule has 0 atom stereocenters. The van der Waals surface area contributed by atoms with Gasteiger partial charge in [0.1, 0.15) is 0 Å². The van der Waals surface area contributed by atoms with Crippen LogP contribution >= 0.6 is 0 Å². The van der Waals surface area contributed by atoms with Crippen LogP contribution in [0.1, 0.15) is 15.9 Å². The first-order chi connectivity index (χ1) is 8.34. The largest absolute Gasteiger partial charge is 0.352 e. The molecule has 1 amide bonds. The van der Waals surface area contributed by atoms with Gasteiger partial charge in [-0.2, -0.15) is 0 Å². The number of carbonyl (C=O) groups excluding carboxylic acids is 1. The van der Waals surface area contributed by atoms with E-state index in [0.717, 1.165) is 35.2 Å². The summed E-state index contributed by atoms with van der Waals surface area (Å²) in [7, 11) is 0. The number of pyridine rings is 1. The Morgan fingerprint density at radius 3 is 2.71 bits per heavy atom. The molecule has 3 rings (SSSR count). The topological polar surface area (TPSA) is 42.0 Å². The number of hydrogen-bond donors (Lipinski definition) is 1. The number of hydrogen-bond acceptors (Lipinski definition) is 2. The highest BCUT2D eigenvalue weighted by atomic mass is 16.1. The second kappa shape index (κ2) is 4.01. The maximum atomic E-state index is 11.6. The van der Waals surface area contributed by atoms with Crippen molar-refractivity contribution in [1.82, 2.24) is 10.3 Å². The van der Waals surface area contributed by atoms with Crippen LogP contribution < -0.4 is 5.32 Å². The third-order valence-electron chi connectivity index (χ3n) is 3.04. The van der Waals surface area contributed by atoms with E-state index in [2.05, 4.69) is 16.4 Å². The van der Waals surface area contributed by atoms with Crippen LogP contribution in [0.25, 0.3) is 11.1 Å². The first-order valence-corrected chi connectivity index (χ1v) is 5.66. The van der Waals surface area contributed by atoms with Crippen LogP contribution in [0, 0.1) is 0 Å². The summed E-state index contributed by atoms with van der Waals surface area (Å²) in [5.41, 5.74) is 4.20. The van der Waals surface area contributed by atoms with Crippen LogP contribution in [0.5, 0.6) is 0 Å². The average molecular weight is 224 g/mol. The molecule has 3 heteroatoms. The lowest BCUT2D eigenvalue weighted by Gasteiger charge is -2.17. The third-order valence-corrected chi connectivity index (χ3v) is 3.04. The molecular weight excluding hydrogens is 212 g/mol. The smallest absolute Gasteiger partial charge is 0.251 e. The van der Waals surface area contributed by atoms with Crippen molar-refractivity contribution < 1.29 is 4.79 Å². The van der Waals surface area contributed by atoms with Crippen molar-refractivity contribution in [3.8, 4) is 11.1 Å². The Hall–Kier alpha value is -2.16. The van der Waals surface area contributed by atoms with E-state index in [0.29, 0.717) is 0 Å². The van der Waals surface area contributed by atoms with Gasteiger partial charge in [0.15, 0.2) is 0 Å². The molecule has 0 fully saturated rings. The Morgan fingerprint density at radius 1 is 1.06 bits per heavy atom. The first-order valence-electron chi connectivity index (χ1n) is 5.66. The van der Waals surface area contributed by atoms with Gasteiger partial charge in [0, 0.05) is 24.5 Å². The highest BCUT2D eigenvalue weighted by molar-refractivity contribution is 5.97. The van der Waals surface area contributed by atoms with Crippen molar-refractivity contribution >= 4 is 5.91 Å². The van der Waals surface area contributed by atoms with E-state index < -0.39 is 0 Å². The van der Waals surface area contributed by atoms with E-state index in [1.165, 1.54) is 0 Å². The molecule has 1 N–H and O–H groups in total. The Balaban J connectivity index is 2.07. The summed E-state index contributed by atoms with van der Waals surface area (Å²) in [6, 6.07) is 9.94. The molecule has 0 bridgehead atoms. The van der Waals surface area contributed by atoms with Gasteiger partial charge in [-0.3, -0.25) is 9.78 Å². The molecular formula is C14H12N2O. The van der Waals surface area contributed by atoms with E-state index in [1.54, 1.807) is 12.4 Å². The van der Waals surface area contributed by atoms with Crippen molar-refractivity contribution in [3.05, 3.63) is 53.9 Å². The van der Waals surface area contributed by atoms with Gasteiger partial charge < -0.3 is 5.32 Å². The molecule has 2 heterocycles. The lowest BCUT2D eigenvalue weighted by molar-refractivity contribution is 0.0946. The number of nitrogens with one attached hydrogen (secondary N) is 1. The standard InChI is InChI=1S/C14H12N2O/c17-14-13-2-1-11(9-12(13)5-8-16-14)10-3-6-15-7-4-10/h1-4,6-7,9H,5,8H2,(H,16,17). The molecule has 1 aliphatic heterocycles. The first kappa shape index (κ1) is 10.0. The minimum atomic E-state index is 0.0347. The third kappa shape index (κ3) is 1.80. The van der Waals surface area contributed by atoms with Crippen molar-refractivity contribution in [2.24, 2.45) is 0 Å². The molecule has 0 unspecified atom stereocenters. The van der Waals surface area contributed by atoms with Gasteiger partial charge in [-0.05, 0) is 41.3 Å². The second-order valence-electron chi connectivity index (χ2n) is 4.11. The molecule has 17 heavy (non-hydrogen) atoms. The van der Waals surface area contributed by atoms with Crippen LogP contribution in [-0.4, -0.2) is 17.4 Å². The zero-order valence-corrected chi connectivity index (χ0v) is 9.31. The summed E-state index contributed by atoms with van der Waals surface area (Å²) < 4.78 is 0. The van der Waals surface area contributed by atoms with E-state index in [-0.39, 0.29) is 5.91 Å². The minimum absolute atomic E-state index is 0.0347. The van der Waals surface area contributed by atoms with Crippen LogP contribution in [0.3, 0.4) is 0 Å². The zero-order chi connectivity index (χ0) is 11.7. The number of nitrogens with zero attached hydrogens (tertiary/aromatic N) is 1. The fraction of sp³-hybridized carbons (Fsp3) is 0.143. The van der Waals surface area contributed by atoms with Gasteiger partial charge in [-0.1, -0.05) is 12.1 Å². The van der Waals surface area contributed by atoms with Crippen LogP contribution in [0.15, 0.2) is 42.7 Å². The maximum Gasteiger partial charge on any atom is 0.251 e. The van der Waals surface area contributed by atoms with Gasteiger partial charge in [0.05, 0.1) is 0 Å². The molecule has 1 aromatic carbocycles. The van der Waals surface area contributed by atoms with E-state index >= 15 is 0 Å². The molecule has 0 saturated heterocycles. The zero-order valence-electron chi connectivity index (χ0n) is 9.31. The fourth-order valence-corrected chi connectivity index (χ4v) is 2.15. The van der Waals surface area contributed by atoms with Crippen molar-refractivity contribution in [3.63, 3.8) is 0 Å². The predicted molar refractivity (Wildman–Crippen MR) is 65.7 cm³/mol. The highest BCUT2D eigenvalue weighted by Gasteiger charge is 2.16. The van der Waals surface area contributed by atoms with Gasteiger partial charge in [-0.25, -0.2) is 0 Å². The quantitative estimate of drug-likeness (QED) is 0.805. The number of fused-ring (bicyclic) bond motifs is 1. The summed E-state index contributed by atoms with van der Waals surface area (Å²) >= 11 is 0. The molecule has 1 aliphatic rings. The normalized spacial score (nSPS) is 14.0. The molecule has 0 aliphatic carbocycles. The number of carbonyl (C=O) groups is 1. The lowest BCUT2D eigenvalue weighted by Crippen LogP contribution is -2.31. The van der Waals surface area contributed by atoms with Crippen molar-refractivity contribution in [2.45, 2.75) is 6.42 Å². The van der Waals surface area contributed by atoms with Crippen molar-refractivity contribution in [2.75, 3.05) is 6.54 Å². The van der Waals surface area contributed by atoms with Gasteiger partial charge in [-0.15, -0.1) is 0 Å². The SMILES string of the molecule is O=C1NCCc2cc(-c3ccncc3)ccc21. The van der Waals surface area contributed by atoms with Crippen molar-refractivity contribution in [1.29, 1.82) is 0 Å². The Labute approximate surface area is 99.5 Å². The molecule has 84 valence electrons. The maximum absolute atomic E-state index is 11.6. The minimum Gasteiger partial charge on any atom is -0.352 e. The van der Waals surface area contributed by atoms with E-state index in [9.17, 15) is 4.79 Å². The monoisotopic (exact) mass is 224 g/mol. The number of rotatable bonds is 1. The summed E-state index contributed by atoms with van der Waals surface area (Å²) in [6.45, 7) is 0.728. The molecule has 1 aromatic heterocycles. The summed E-state index contributed by atoms with van der Waals surface area (Å²) in [5.74, 6) is 0.0347. The number of amides is 1. The summed E-state index contributed by atoms with van der Waals surface area (Å²) in [5, 5.41) is 2.85. The summed E-state index contributed by atoms with van der Waals surface area (Å²) in [4.78, 5) is 15.6. The van der Waals surface area contributed by atoms with Crippen LogP contribution in [0.2, 0.25) is 0 Å². The second-order valence-corrected chi connectivity index (χ2v) is 4.11. The molecule has 0 spiro atoms. The van der Waals surface area contributed by atoms with Crippen LogP contribution in [-0.2, 0) is 6.42 Å². The highest BCUT2D eigenvalue weighted by Crippen LogP contribution is 2.23. The van der Waals surface area contributed by atoms with Gasteiger partial charge in [0.25, 0.3) is 5.91 Å². The number of aromatic nitrogens is 1. The average Bonchev–Trinajstić information content (AvgIpc) is 2.40. The van der Waals surface area contributed by atoms with E-state index in [1.807, 2.05) is 24.3 Å². The Kier molecular flexibility index (Phi) is 2.37. The van der Waals surface area contributed by atoms with Gasteiger partial charge >= 0.3 is 0 Å². The van der Waals surface area contributed by atoms with Crippen LogP contribution in [0.4, 0.5) is 0 Å². The molecule has 0 saturated carbocycles. The van der Waals surface area contributed by atoms with E-state index in [4.69, 9.17) is 0 Å². The fourth-order valence-electron chi connectivity index (χ4n) is 2.15. The lowest BCUT2D eigenvalue weighted by atomic mass is 9.95. The number of benzene rings is 1. The Morgan fingerprint density at radius 2 is 1.88 bits per heavy atom. The molecule has 0 radical (unpaired) electrons. The molecule has 3 nitrogen and oxygen atoms in total. The van der Waals surface area contributed by atoms with Gasteiger partial charge in [0.2, 0.25) is 0 Å². The molecule has 2 aromatic rings. The predicted octanol–water partition coefficient (Wildman–Crippen LogP) is 2.03.